The average molecular weight is 250 g/mol. The number of hydrogen-bond acceptors (Lipinski definition) is 4. The summed E-state index contributed by atoms with van der Waals surface area (Å²) >= 11 is 1.36. The Kier molecular flexibility index (Phi) is 4.03. The second-order valence-corrected chi connectivity index (χ2v) is 4.53. The molecule has 0 aliphatic rings. The first-order chi connectivity index (χ1) is 8.29. The van der Waals surface area contributed by atoms with E-state index in [1.807, 2.05) is 31.2 Å². The number of aromatic nitrogens is 2. The lowest BCUT2D eigenvalue weighted by atomic mass is 10.3. The molecule has 1 heterocycles. The summed E-state index contributed by atoms with van der Waals surface area (Å²) in [5, 5.41) is 0.750. The molecule has 2 aromatic rings. The number of nitrogens with zero attached hydrogens (tertiary/aromatic N) is 1. The normalized spacial score (nSPS) is 10.6. The van der Waals surface area contributed by atoms with Crippen molar-refractivity contribution in [3.63, 3.8) is 0 Å². The van der Waals surface area contributed by atoms with Crippen molar-refractivity contribution >= 4 is 28.8 Å². The van der Waals surface area contributed by atoms with E-state index in [1.165, 1.54) is 11.8 Å². The number of ether oxygens (including phenoxy) is 1. The molecule has 0 unspecified atom stereocenters. The van der Waals surface area contributed by atoms with Crippen LogP contribution in [0.15, 0.2) is 29.4 Å². The molecule has 1 aromatic heterocycles. The number of H-pyrrole nitrogens is 1. The number of imidazole rings is 1. The highest BCUT2D eigenvalue weighted by atomic mass is 32.2. The van der Waals surface area contributed by atoms with E-state index in [4.69, 9.17) is 4.74 Å². The number of hydrogen-bond donors (Lipinski definition) is 1. The van der Waals surface area contributed by atoms with Crippen LogP contribution in [0.5, 0.6) is 0 Å². The molecule has 0 bridgehead atoms. The molecule has 2 rings (SSSR count). The third-order valence-corrected chi connectivity index (χ3v) is 3.01. The van der Waals surface area contributed by atoms with E-state index in [0.717, 1.165) is 22.6 Å². The number of carbonyl (C=O) groups excluding carboxylic acids is 1. The number of nitrogens with one attached hydrogen (secondary N) is 1. The summed E-state index contributed by atoms with van der Waals surface area (Å²) in [6.45, 7) is 2.46. The van der Waals surface area contributed by atoms with E-state index >= 15 is 0 Å². The van der Waals surface area contributed by atoms with Gasteiger partial charge in [0.05, 0.1) is 23.4 Å². The molecule has 0 saturated carbocycles. The van der Waals surface area contributed by atoms with Crippen molar-refractivity contribution < 1.29 is 9.53 Å². The van der Waals surface area contributed by atoms with Crippen LogP contribution in [-0.4, -0.2) is 28.3 Å². The molecule has 0 fully saturated rings. The minimum Gasteiger partial charge on any atom is -0.465 e. The Morgan fingerprint density at radius 3 is 3.06 bits per heavy atom. The molecule has 1 N–H and O–H groups in total. The van der Waals surface area contributed by atoms with Gasteiger partial charge in [-0.25, -0.2) is 4.98 Å². The lowest BCUT2D eigenvalue weighted by Gasteiger charge is -2.00. The standard InChI is InChI=1S/C12H14N2O2S/c1-2-7-16-11(15)8-17-12-13-9-5-3-4-6-10(9)14-12/h3-6H,2,7-8H2,1H3,(H,13,14). The highest BCUT2D eigenvalue weighted by molar-refractivity contribution is 7.99. The molecule has 1 aromatic carbocycles. The van der Waals surface area contributed by atoms with Crippen molar-refractivity contribution in [3.05, 3.63) is 24.3 Å². The van der Waals surface area contributed by atoms with Gasteiger partial charge in [0.1, 0.15) is 0 Å². The Hall–Kier alpha value is -1.49. The monoisotopic (exact) mass is 250 g/mol. The molecule has 0 aliphatic heterocycles. The summed E-state index contributed by atoms with van der Waals surface area (Å²) in [6.07, 6.45) is 0.848. The first kappa shape index (κ1) is 12.0. The van der Waals surface area contributed by atoms with Crippen molar-refractivity contribution in [3.8, 4) is 0 Å². The zero-order chi connectivity index (χ0) is 12.1. The molecule has 0 saturated heterocycles. The summed E-state index contributed by atoms with van der Waals surface area (Å²) < 4.78 is 4.99. The van der Waals surface area contributed by atoms with Crippen LogP contribution in [-0.2, 0) is 9.53 Å². The van der Waals surface area contributed by atoms with Crippen LogP contribution in [0.25, 0.3) is 11.0 Å². The maximum Gasteiger partial charge on any atom is 0.316 e. The van der Waals surface area contributed by atoms with Crippen molar-refractivity contribution in [1.29, 1.82) is 0 Å². The van der Waals surface area contributed by atoms with Crippen LogP contribution in [0.4, 0.5) is 0 Å². The van der Waals surface area contributed by atoms with Crippen LogP contribution in [0.2, 0.25) is 0 Å². The van der Waals surface area contributed by atoms with E-state index in [-0.39, 0.29) is 5.97 Å². The summed E-state index contributed by atoms with van der Waals surface area (Å²) in [5.74, 6) is 0.0946. The predicted octanol–water partition coefficient (Wildman–Crippen LogP) is 2.61. The molecule has 90 valence electrons. The van der Waals surface area contributed by atoms with Gasteiger partial charge in [-0.2, -0.15) is 0 Å². The van der Waals surface area contributed by atoms with E-state index in [1.54, 1.807) is 0 Å². The second-order valence-electron chi connectivity index (χ2n) is 3.57. The van der Waals surface area contributed by atoms with Gasteiger partial charge in [0.2, 0.25) is 0 Å². The molecule has 0 aliphatic carbocycles. The van der Waals surface area contributed by atoms with Gasteiger partial charge in [-0.1, -0.05) is 30.8 Å². The van der Waals surface area contributed by atoms with Gasteiger partial charge in [-0.3, -0.25) is 4.79 Å². The third-order valence-electron chi connectivity index (χ3n) is 2.16. The Morgan fingerprint density at radius 2 is 2.29 bits per heavy atom. The molecule has 0 amide bonds. The molecule has 17 heavy (non-hydrogen) atoms. The molecule has 4 nitrogen and oxygen atoms in total. The van der Waals surface area contributed by atoms with Gasteiger partial charge in [0, 0.05) is 0 Å². The number of carbonyl (C=O) groups is 1. The first-order valence-electron chi connectivity index (χ1n) is 5.52. The van der Waals surface area contributed by atoms with Gasteiger partial charge in [0.15, 0.2) is 5.16 Å². The first-order valence-corrected chi connectivity index (χ1v) is 6.51. The van der Waals surface area contributed by atoms with E-state index in [9.17, 15) is 4.79 Å². The fourth-order valence-corrected chi connectivity index (χ4v) is 2.07. The summed E-state index contributed by atoms with van der Waals surface area (Å²) in [4.78, 5) is 18.8. The van der Waals surface area contributed by atoms with Crippen molar-refractivity contribution in [2.24, 2.45) is 0 Å². The zero-order valence-electron chi connectivity index (χ0n) is 9.60. The lowest BCUT2D eigenvalue weighted by Crippen LogP contribution is -2.07. The van der Waals surface area contributed by atoms with Gasteiger partial charge < -0.3 is 9.72 Å². The van der Waals surface area contributed by atoms with Gasteiger partial charge >= 0.3 is 5.97 Å². The SMILES string of the molecule is CCCOC(=O)CSc1nc2ccccc2[nH]1. The van der Waals surface area contributed by atoms with Crippen LogP contribution >= 0.6 is 11.8 Å². The molecule has 5 heteroatoms. The minimum absolute atomic E-state index is 0.197. The summed E-state index contributed by atoms with van der Waals surface area (Å²) in [6, 6.07) is 7.78. The average Bonchev–Trinajstić information content (AvgIpc) is 2.76. The van der Waals surface area contributed by atoms with Gasteiger partial charge in [0.25, 0.3) is 0 Å². The van der Waals surface area contributed by atoms with Crippen molar-refractivity contribution in [1.82, 2.24) is 9.97 Å². The maximum absolute atomic E-state index is 11.3. The van der Waals surface area contributed by atoms with Gasteiger partial charge in [-0.05, 0) is 18.6 Å². The quantitative estimate of drug-likeness (QED) is 0.654. The Bertz CT molecular complexity index is 477. The van der Waals surface area contributed by atoms with Crippen LogP contribution < -0.4 is 0 Å². The Balaban J connectivity index is 1.92. The van der Waals surface area contributed by atoms with Crippen molar-refractivity contribution in [2.75, 3.05) is 12.4 Å². The zero-order valence-corrected chi connectivity index (χ0v) is 10.4. The number of esters is 1. The number of rotatable bonds is 5. The summed E-state index contributed by atoms with van der Waals surface area (Å²) in [7, 11) is 0. The van der Waals surface area contributed by atoms with E-state index in [0.29, 0.717) is 12.4 Å². The van der Waals surface area contributed by atoms with Crippen LogP contribution in [0, 0.1) is 0 Å². The highest BCUT2D eigenvalue weighted by Crippen LogP contribution is 2.18. The minimum atomic E-state index is -0.197. The number of benzene rings is 1. The number of thioether (sulfide) groups is 1. The van der Waals surface area contributed by atoms with E-state index in [2.05, 4.69) is 9.97 Å². The fraction of sp³-hybridized carbons (Fsp3) is 0.333. The summed E-state index contributed by atoms with van der Waals surface area (Å²) in [5.41, 5.74) is 1.90. The predicted molar refractivity (Wildman–Crippen MR) is 68.1 cm³/mol. The number of para-hydroxylation sites is 2. The Labute approximate surface area is 104 Å². The molecule has 0 spiro atoms. The lowest BCUT2D eigenvalue weighted by molar-refractivity contribution is -0.140. The van der Waals surface area contributed by atoms with Crippen LogP contribution in [0.3, 0.4) is 0 Å². The fourth-order valence-electron chi connectivity index (χ4n) is 1.38. The maximum atomic E-state index is 11.3. The number of fused-ring (bicyclic) bond motifs is 1. The molecule has 0 radical (unpaired) electrons. The highest BCUT2D eigenvalue weighted by Gasteiger charge is 2.07. The smallest absolute Gasteiger partial charge is 0.316 e. The number of aromatic amines is 1. The largest absolute Gasteiger partial charge is 0.465 e. The third kappa shape index (κ3) is 3.23. The van der Waals surface area contributed by atoms with Crippen molar-refractivity contribution in [2.45, 2.75) is 18.5 Å². The molecule has 0 atom stereocenters. The second kappa shape index (κ2) is 5.72. The van der Waals surface area contributed by atoms with E-state index < -0.39 is 0 Å². The molecular weight excluding hydrogens is 236 g/mol. The van der Waals surface area contributed by atoms with Gasteiger partial charge in [-0.15, -0.1) is 0 Å². The van der Waals surface area contributed by atoms with Crippen LogP contribution in [0.1, 0.15) is 13.3 Å². The Morgan fingerprint density at radius 1 is 1.47 bits per heavy atom. The molecular formula is C12H14N2O2S. The topological polar surface area (TPSA) is 55.0 Å².